The van der Waals surface area contributed by atoms with E-state index in [1.165, 1.54) is 4.31 Å². The Morgan fingerprint density at radius 2 is 2.00 bits per heavy atom. The predicted molar refractivity (Wildman–Crippen MR) is 111 cm³/mol. The first kappa shape index (κ1) is 21.6. The minimum absolute atomic E-state index is 0.0962. The fraction of sp³-hybridized carbons (Fsp3) is 0.524. The smallest absolute Gasteiger partial charge is 0.248 e. The van der Waals surface area contributed by atoms with E-state index in [0.717, 1.165) is 0 Å². The lowest BCUT2D eigenvalue weighted by Crippen LogP contribution is -2.48. The second kappa shape index (κ2) is 8.51. The summed E-state index contributed by atoms with van der Waals surface area (Å²) in [6, 6.07) is 7.43. The van der Waals surface area contributed by atoms with E-state index in [4.69, 9.17) is 14.0 Å². The Morgan fingerprint density at radius 1 is 1.26 bits per heavy atom. The molecule has 1 fully saturated rings. The molecule has 1 aromatic carbocycles. The van der Waals surface area contributed by atoms with Crippen LogP contribution in [0, 0.1) is 19.8 Å². The molecule has 2 aliphatic heterocycles. The van der Waals surface area contributed by atoms with Crippen molar-refractivity contribution in [2.24, 2.45) is 5.92 Å². The first-order valence-electron chi connectivity index (χ1n) is 10.3. The van der Waals surface area contributed by atoms with E-state index in [-0.39, 0.29) is 29.2 Å². The average Bonchev–Trinajstić information content (AvgIpc) is 3.11. The van der Waals surface area contributed by atoms with Crippen LogP contribution in [0.3, 0.4) is 0 Å². The summed E-state index contributed by atoms with van der Waals surface area (Å²) in [4.78, 5) is 14.8. The van der Waals surface area contributed by atoms with Crippen LogP contribution in [0.1, 0.15) is 24.3 Å². The van der Waals surface area contributed by atoms with Gasteiger partial charge in [0.05, 0.1) is 12.5 Å². The zero-order valence-corrected chi connectivity index (χ0v) is 18.7. The molecule has 0 saturated carbocycles. The van der Waals surface area contributed by atoms with Crippen molar-refractivity contribution in [3.05, 3.63) is 35.7 Å². The summed E-state index contributed by atoms with van der Waals surface area (Å²) in [5.74, 6) is 1.11. The number of para-hydroxylation sites is 2. The highest BCUT2D eigenvalue weighted by atomic mass is 32.2. The number of sulfonamides is 1. The van der Waals surface area contributed by atoms with E-state index in [1.54, 1.807) is 25.8 Å². The molecule has 1 saturated heterocycles. The predicted octanol–water partition coefficient (Wildman–Crippen LogP) is 1.99. The van der Waals surface area contributed by atoms with Gasteiger partial charge < -0.3 is 18.9 Å². The minimum atomic E-state index is -3.77. The Hall–Kier alpha value is -2.59. The van der Waals surface area contributed by atoms with Gasteiger partial charge in [-0.15, -0.1) is 0 Å². The van der Waals surface area contributed by atoms with Crippen molar-refractivity contribution < 1.29 is 27.2 Å². The van der Waals surface area contributed by atoms with E-state index in [0.29, 0.717) is 49.7 Å². The third-order valence-corrected chi connectivity index (χ3v) is 7.83. The number of amides is 1. The molecule has 1 amide bonds. The van der Waals surface area contributed by atoms with Crippen molar-refractivity contribution in [2.75, 3.05) is 33.3 Å². The van der Waals surface area contributed by atoms with Crippen LogP contribution in [0.2, 0.25) is 0 Å². The van der Waals surface area contributed by atoms with Crippen LogP contribution in [0.15, 0.2) is 33.7 Å². The van der Waals surface area contributed by atoms with E-state index < -0.39 is 15.9 Å². The van der Waals surface area contributed by atoms with Crippen LogP contribution < -0.4 is 9.47 Å². The molecule has 2 aliphatic rings. The zero-order valence-electron chi connectivity index (χ0n) is 17.9. The molecule has 2 unspecified atom stereocenters. The number of hydrogen-bond acceptors (Lipinski definition) is 7. The molecule has 0 N–H and O–H groups in total. The van der Waals surface area contributed by atoms with E-state index in [9.17, 15) is 13.2 Å². The highest BCUT2D eigenvalue weighted by molar-refractivity contribution is 7.89. The van der Waals surface area contributed by atoms with Crippen LogP contribution in [0.5, 0.6) is 11.5 Å². The Bertz CT molecular complexity index is 1050. The van der Waals surface area contributed by atoms with Gasteiger partial charge in [0.15, 0.2) is 23.4 Å². The zero-order chi connectivity index (χ0) is 22.2. The van der Waals surface area contributed by atoms with Gasteiger partial charge >= 0.3 is 0 Å². The maximum Gasteiger partial charge on any atom is 0.248 e. The van der Waals surface area contributed by atoms with Gasteiger partial charge in [-0.1, -0.05) is 17.3 Å². The topological polar surface area (TPSA) is 102 Å². The standard InChI is InChI=1S/C21H27N3O6S/c1-14-20(15(2)30-22-14)31(26,27)24-10-6-7-16(11-24)21(25)23(3)12-17-13-28-18-8-4-5-9-19(18)29-17/h4-5,8-9,16-17H,6-7,10-13H2,1-3H3. The largest absolute Gasteiger partial charge is 0.486 e. The third-order valence-electron chi connectivity index (χ3n) is 5.72. The number of ether oxygens (including phenoxy) is 2. The molecule has 3 heterocycles. The second-order valence-electron chi connectivity index (χ2n) is 8.07. The fourth-order valence-corrected chi connectivity index (χ4v) is 6.01. The quantitative estimate of drug-likeness (QED) is 0.688. The number of piperidine rings is 1. The molecule has 2 atom stereocenters. The Labute approximate surface area is 181 Å². The minimum Gasteiger partial charge on any atom is -0.486 e. The summed E-state index contributed by atoms with van der Waals surface area (Å²) in [7, 11) is -2.05. The number of benzene rings is 1. The molecule has 4 rings (SSSR count). The number of likely N-dealkylation sites (N-methyl/N-ethyl adjacent to an activating group) is 1. The van der Waals surface area contributed by atoms with Gasteiger partial charge in [-0.2, -0.15) is 4.31 Å². The lowest BCUT2D eigenvalue weighted by atomic mass is 9.98. The van der Waals surface area contributed by atoms with Crippen molar-refractivity contribution >= 4 is 15.9 Å². The monoisotopic (exact) mass is 449 g/mol. The molecular weight excluding hydrogens is 422 g/mol. The molecule has 0 radical (unpaired) electrons. The number of fused-ring (bicyclic) bond motifs is 1. The number of carbonyl (C=O) groups is 1. The van der Waals surface area contributed by atoms with Crippen molar-refractivity contribution in [3.63, 3.8) is 0 Å². The van der Waals surface area contributed by atoms with Crippen molar-refractivity contribution in [2.45, 2.75) is 37.7 Å². The summed E-state index contributed by atoms with van der Waals surface area (Å²) >= 11 is 0. The van der Waals surface area contributed by atoms with E-state index >= 15 is 0 Å². The van der Waals surface area contributed by atoms with Crippen molar-refractivity contribution in [1.82, 2.24) is 14.4 Å². The molecular formula is C21H27N3O6S. The first-order valence-corrected chi connectivity index (χ1v) is 11.8. The van der Waals surface area contributed by atoms with Crippen LogP contribution in [-0.4, -0.2) is 68.1 Å². The van der Waals surface area contributed by atoms with Gasteiger partial charge in [-0.3, -0.25) is 4.79 Å². The molecule has 168 valence electrons. The molecule has 0 spiro atoms. The molecule has 0 aliphatic carbocycles. The number of aryl methyl sites for hydroxylation is 2. The van der Waals surface area contributed by atoms with Gasteiger partial charge in [0.25, 0.3) is 0 Å². The lowest BCUT2D eigenvalue weighted by molar-refractivity contribution is -0.136. The van der Waals surface area contributed by atoms with Gasteiger partial charge in [-0.05, 0) is 38.8 Å². The third kappa shape index (κ3) is 4.27. The van der Waals surface area contributed by atoms with Gasteiger partial charge in [0.1, 0.15) is 17.2 Å². The maximum atomic E-state index is 13.1. The normalized spacial score (nSPS) is 21.6. The average molecular weight is 450 g/mol. The Kier molecular flexibility index (Phi) is 5.94. The number of nitrogens with zero attached hydrogens (tertiary/aromatic N) is 3. The lowest BCUT2D eigenvalue weighted by Gasteiger charge is -2.35. The molecule has 10 heteroatoms. The van der Waals surface area contributed by atoms with Crippen LogP contribution >= 0.6 is 0 Å². The number of aromatic nitrogens is 1. The number of rotatable bonds is 5. The second-order valence-corrected chi connectivity index (χ2v) is 9.95. The van der Waals surface area contributed by atoms with E-state index in [1.807, 2.05) is 24.3 Å². The highest BCUT2D eigenvalue weighted by Gasteiger charge is 2.37. The fourth-order valence-electron chi connectivity index (χ4n) is 4.19. The van der Waals surface area contributed by atoms with Gasteiger partial charge in [0.2, 0.25) is 15.9 Å². The molecule has 1 aromatic heterocycles. The summed E-state index contributed by atoms with van der Waals surface area (Å²) in [6.07, 6.45) is 0.972. The van der Waals surface area contributed by atoms with Gasteiger partial charge in [-0.25, -0.2) is 8.42 Å². The van der Waals surface area contributed by atoms with Crippen molar-refractivity contribution in [3.8, 4) is 11.5 Å². The molecule has 31 heavy (non-hydrogen) atoms. The van der Waals surface area contributed by atoms with Crippen molar-refractivity contribution in [1.29, 1.82) is 0 Å². The number of carbonyl (C=O) groups excluding carboxylic acids is 1. The summed E-state index contributed by atoms with van der Waals surface area (Å²) in [5.41, 5.74) is 0.331. The summed E-state index contributed by atoms with van der Waals surface area (Å²) < 4.78 is 44.3. The summed E-state index contributed by atoms with van der Waals surface area (Å²) in [5, 5.41) is 3.76. The Morgan fingerprint density at radius 3 is 2.71 bits per heavy atom. The molecule has 0 bridgehead atoms. The van der Waals surface area contributed by atoms with Crippen LogP contribution in [0.25, 0.3) is 0 Å². The van der Waals surface area contributed by atoms with E-state index in [2.05, 4.69) is 5.16 Å². The highest BCUT2D eigenvalue weighted by Crippen LogP contribution is 2.32. The number of hydrogen-bond donors (Lipinski definition) is 0. The summed E-state index contributed by atoms with van der Waals surface area (Å²) in [6.45, 7) is 4.41. The first-order chi connectivity index (χ1) is 14.8. The van der Waals surface area contributed by atoms with Crippen LogP contribution in [0.4, 0.5) is 0 Å². The molecule has 2 aromatic rings. The SMILES string of the molecule is Cc1noc(C)c1S(=O)(=O)N1CCCC(C(=O)N(C)CC2COc3ccccc3O2)C1. The van der Waals surface area contributed by atoms with Crippen LogP contribution in [-0.2, 0) is 14.8 Å². The maximum absolute atomic E-state index is 13.1. The molecule has 9 nitrogen and oxygen atoms in total. The van der Waals surface area contributed by atoms with Gasteiger partial charge in [0, 0.05) is 20.1 Å². The Balaban J connectivity index is 1.41.